The van der Waals surface area contributed by atoms with Gasteiger partial charge in [-0.1, -0.05) is 13.3 Å². The second-order valence-corrected chi connectivity index (χ2v) is 8.00. The third kappa shape index (κ3) is 3.85. The molecule has 0 bridgehead atoms. The van der Waals surface area contributed by atoms with Gasteiger partial charge in [0.2, 0.25) is 0 Å². The molecule has 20 heavy (non-hydrogen) atoms. The van der Waals surface area contributed by atoms with Crippen LogP contribution in [0, 0.1) is 5.92 Å². The van der Waals surface area contributed by atoms with E-state index in [2.05, 4.69) is 6.92 Å². The Kier molecular flexibility index (Phi) is 6.73. The van der Waals surface area contributed by atoms with Gasteiger partial charge in [-0.3, -0.25) is 0 Å². The monoisotopic (exact) mass is 325 g/mol. The molecule has 5 nitrogen and oxygen atoms in total. The van der Waals surface area contributed by atoms with Gasteiger partial charge >= 0.3 is 0 Å². The molecular formula is C13H28ClN3O2S. The van der Waals surface area contributed by atoms with Crippen LogP contribution in [-0.4, -0.2) is 48.7 Å². The molecule has 2 aliphatic heterocycles. The molecule has 0 aromatic carbocycles. The highest BCUT2D eigenvalue weighted by atomic mass is 35.5. The number of nitrogens with two attached hydrogens (primary N) is 1. The van der Waals surface area contributed by atoms with Crippen LogP contribution >= 0.6 is 12.4 Å². The van der Waals surface area contributed by atoms with E-state index in [1.807, 2.05) is 6.92 Å². The molecule has 0 amide bonds. The average Bonchev–Trinajstić information content (AvgIpc) is 2.39. The first-order valence-corrected chi connectivity index (χ1v) is 8.85. The molecule has 2 heterocycles. The molecule has 2 fully saturated rings. The lowest BCUT2D eigenvalue weighted by atomic mass is 10.00. The fourth-order valence-corrected chi connectivity index (χ4v) is 5.07. The van der Waals surface area contributed by atoms with Gasteiger partial charge in [-0.2, -0.15) is 17.0 Å². The molecule has 0 spiro atoms. The van der Waals surface area contributed by atoms with Crippen LogP contribution in [0.1, 0.15) is 46.0 Å². The Hall–Kier alpha value is 0.120. The third-order valence-electron chi connectivity index (χ3n) is 4.47. The van der Waals surface area contributed by atoms with E-state index in [0.717, 1.165) is 32.1 Å². The maximum absolute atomic E-state index is 12.8. The number of piperidine rings is 2. The lowest BCUT2D eigenvalue weighted by molar-refractivity contribution is 0.197. The molecule has 2 aliphatic rings. The fraction of sp³-hybridized carbons (Fsp3) is 1.00. The van der Waals surface area contributed by atoms with Crippen molar-refractivity contribution >= 4 is 22.6 Å². The molecule has 2 atom stereocenters. The van der Waals surface area contributed by atoms with Crippen LogP contribution in [0.2, 0.25) is 0 Å². The zero-order valence-corrected chi connectivity index (χ0v) is 14.1. The molecule has 2 rings (SSSR count). The minimum Gasteiger partial charge on any atom is -0.326 e. The van der Waals surface area contributed by atoms with Crippen molar-refractivity contribution in [3.05, 3.63) is 0 Å². The number of rotatable bonds is 3. The minimum absolute atomic E-state index is 0. The highest BCUT2D eigenvalue weighted by molar-refractivity contribution is 7.86. The zero-order valence-electron chi connectivity index (χ0n) is 12.5. The molecule has 0 aliphatic carbocycles. The van der Waals surface area contributed by atoms with Gasteiger partial charge in [-0.05, 0) is 38.5 Å². The largest absolute Gasteiger partial charge is 0.326 e. The molecule has 2 N–H and O–H groups in total. The first kappa shape index (κ1) is 18.2. The van der Waals surface area contributed by atoms with Gasteiger partial charge in [-0.15, -0.1) is 12.4 Å². The summed E-state index contributed by atoms with van der Waals surface area (Å²) in [5.41, 5.74) is 5.98. The van der Waals surface area contributed by atoms with Crippen LogP contribution in [0.15, 0.2) is 0 Å². The lowest BCUT2D eigenvalue weighted by Crippen LogP contribution is -2.56. The van der Waals surface area contributed by atoms with Crippen molar-refractivity contribution in [2.24, 2.45) is 11.7 Å². The van der Waals surface area contributed by atoms with Gasteiger partial charge in [0.15, 0.2) is 0 Å². The van der Waals surface area contributed by atoms with Gasteiger partial charge in [0.1, 0.15) is 0 Å². The van der Waals surface area contributed by atoms with Crippen molar-refractivity contribution < 1.29 is 8.42 Å². The summed E-state index contributed by atoms with van der Waals surface area (Å²) in [5.74, 6) is 0.636. The summed E-state index contributed by atoms with van der Waals surface area (Å²) >= 11 is 0. The molecule has 0 radical (unpaired) electrons. The first-order valence-electron chi connectivity index (χ1n) is 7.45. The van der Waals surface area contributed by atoms with Crippen LogP contribution < -0.4 is 5.73 Å². The fourth-order valence-electron chi connectivity index (χ4n) is 3.11. The Morgan fingerprint density at radius 2 is 1.70 bits per heavy atom. The van der Waals surface area contributed by atoms with Gasteiger partial charge in [0.05, 0.1) is 0 Å². The minimum atomic E-state index is -3.32. The Morgan fingerprint density at radius 3 is 2.25 bits per heavy atom. The van der Waals surface area contributed by atoms with E-state index in [4.69, 9.17) is 5.73 Å². The van der Waals surface area contributed by atoms with E-state index >= 15 is 0 Å². The predicted octanol–water partition coefficient (Wildman–Crippen LogP) is 1.59. The maximum Gasteiger partial charge on any atom is 0.282 e. The van der Waals surface area contributed by atoms with Crippen LogP contribution in [0.4, 0.5) is 0 Å². The molecule has 0 aromatic rings. The number of hydrogen-bond donors (Lipinski definition) is 1. The van der Waals surface area contributed by atoms with Crippen LogP contribution in [0.3, 0.4) is 0 Å². The summed E-state index contributed by atoms with van der Waals surface area (Å²) < 4.78 is 28.8. The van der Waals surface area contributed by atoms with Crippen molar-refractivity contribution in [2.75, 3.05) is 19.6 Å². The van der Waals surface area contributed by atoms with E-state index in [-0.39, 0.29) is 24.5 Å². The molecule has 7 heteroatoms. The van der Waals surface area contributed by atoms with E-state index in [0.29, 0.717) is 25.6 Å². The Labute approximate surface area is 129 Å². The predicted molar refractivity (Wildman–Crippen MR) is 84.1 cm³/mol. The molecule has 0 aromatic heterocycles. The molecule has 2 unspecified atom stereocenters. The van der Waals surface area contributed by atoms with Crippen LogP contribution in [0.5, 0.6) is 0 Å². The number of nitrogens with zero attached hydrogens (tertiary/aromatic N) is 2. The van der Waals surface area contributed by atoms with Crippen molar-refractivity contribution in [1.29, 1.82) is 0 Å². The first-order chi connectivity index (χ1) is 8.93. The second kappa shape index (κ2) is 7.40. The van der Waals surface area contributed by atoms with Gasteiger partial charge in [-0.25, -0.2) is 0 Å². The van der Waals surface area contributed by atoms with Crippen molar-refractivity contribution in [1.82, 2.24) is 8.61 Å². The summed E-state index contributed by atoms with van der Waals surface area (Å²) in [6.45, 7) is 6.05. The zero-order chi connectivity index (χ0) is 14.0. The molecule has 120 valence electrons. The van der Waals surface area contributed by atoms with E-state index in [1.54, 1.807) is 8.61 Å². The summed E-state index contributed by atoms with van der Waals surface area (Å²) in [7, 11) is -3.32. The lowest BCUT2D eigenvalue weighted by Gasteiger charge is -2.41. The second-order valence-electron chi connectivity index (χ2n) is 6.12. The van der Waals surface area contributed by atoms with Crippen molar-refractivity contribution in [3.8, 4) is 0 Å². The summed E-state index contributed by atoms with van der Waals surface area (Å²) in [4.78, 5) is 0. The Bertz CT molecular complexity index is 394. The SMILES string of the molecule is CC1CCN(S(=O)(=O)N2CCCCC2C(C)N)CC1.Cl. The van der Waals surface area contributed by atoms with Crippen LogP contribution in [0.25, 0.3) is 0 Å². The van der Waals surface area contributed by atoms with Gasteiger partial charge < -0.3 is 5.73 Å². The highest BCUT2D eigenvalue weighted by Crippen LogP contribution is 2.27. The normalized spacial score (nSPS) is 28.9. The van der Waals surface area contributed by atoms with Gasteiger partial charge in [0, 0.05) is 31.7 Å². The molecule has 2 saturated heterocycles. The van der Waals surface area contributed by atoms with E-state index < -0.39 is 10.2 Å². The number of halogens is 1. The molecule has 0 saturated carbocycles. The smallest absolute Gasteiger partial charge is 0.282 e. The number of hydrogen-bond acceptors (Lipinski definition) is 3. The Morgan fingerprint density at radius 1 is 1.10 bits per heavy atom. The summed E-state index contributed by atoms with van der Waals surface area (Å²) in [6, 6.07) is -0.128. The van der Waals surface area contributed by atoms with Gasteiger partial charge in [0.25, 0.3) is 10.2 Å². The standard InChI is InChI=1S/C13H27N3O2S.ClH/c1-11-6-9-15(10-7-11)19(17,18)16-8-4-3-5-13(16)12(2)14;/h11-13H,3-10,14H2,1-2H3;1H. The Balaban J connectivity index is 0.00000200. The summed E-state index contributed by atoms with van der Waals surface area (Å²) in [6.07, 6.45) is 4.86. The average molecular weight is 326 g/mol. The van der Waals surface area contributed by atoms with Crippen LogP contribution in [-0.2, 0) is 10.2 Å². The van der Waals surface area contributed by atoms with Crippen molar-refractivity contribution in [2.45, 2.75) is 58.0 Å². The summed E-state index contributed by atoms with van der Waals surface area (Å²) in [5, 5.41) is 0. The maximum atomic E-state index is 12.8. The molecular weight excluding hydrogens is 298 g/mol. The van der Waals surface area contributed by atoms with E-state index in [1.165, 1.54) is 0 Å². The van der Waals surface area contributed by atoms with Crippen molar-refractivity contribution in [3.63, 3.8) is 0 Å². The highest BCUT2D eigenvalue weighted by Gasteiger charge is 2.38. The third-order valence-corrected chi connectivity index (χ3v) is 6.53. The van der Waals surface area contributed by atoms with E-state index in [9.17, 15) is 8.42 Å². The topological polar surface area (TPSA) is 66.6 Å². The quantitative estimate of drug-likeness (QED) is 0.856.